The number of halogens is 1. The second kappa shape index (κ2) is 8.50. The number of hydrogen-bond donors (Lipinski definition) is 1. The molecule has 1 amide bonds. The molecular formula is C19H15FN2O4S. The molecule has 0 aliphatic carbocycles. The number of carbonyl (C=O) groups is 2. The number of rotatable bonds is 6. The molecule has 138 valence electrons. The maximum atomic E-state index is 13.0. The lowest BCUT2D eigenvalue weighted by Crippen LogP contribution is -2.14. The number of methoxy groups -OCH3 is 1. The van der Waals surface area contributed by atoms with Crippen molar-refractivity contribution in [3.63, 3.8) is 0 Å². The number of nitrogens with one attached hydrogen (secondary N) is 1. The number of nitrogens with zero attached hydrogens (tertiary/aromatic N) is 1. The lowest BCUT2D eigenvalue weighted by atomic mass is 10.2. The van der Waals surface area contributed by atoms with Gasteiger partial charge in [0.1, 0.15) is 5.82 Å². The van der Waals surface area contributed by atoms with Crippen molar-refractivity contribution in [3.8, 4) is 11.3 Å². The summed E-state index contributed by atoms with van der Waals surface area (Å²) in [7, 11) is 1.30. The van der Waals surface area contributed by atoms with Crippen LogP contribution >= 0.6 is 11.8 Å². The minimum absolute atomic E-state index is 0.0993. The molecule has 0 saturated heterocycles. The minimum Gasteiger partial charge on any atom is -0.465 e. The summed E-state index contributed by atoms with van der Waals surface area (Å²) in [6.07, 6.45) is 1.53. The molecule has 0 unspecified atom stereocenters. The number of anilines is 1. The Morgan fingerprint density at radius 2 is 1.85 bits per heavy atom. The van der Waals surface area contributed by atoms with Crippen molar-refractivity contribution in [2.75, 3.05) is 18.2 Å². The maximum Gasteiger partial charge on any atom is 0.337 e. The third kappa shape index (κ3) is 4.95. The van der Waals surface area contributed by atoms with Crippen LogP contribution in [0.4, 0.5) is 10.1 Å². The second-order valence-corrected chi connectivity index (χ2v) is 6.33. The van der Waals surface area contributed by atoms with Gasteiger partial charge >= 0.3 is 5.97 Å². The Bertz CT molecular complexity index is 939. The van der Waals surface area contributed by atoms with Crippen molar-refractivity contribution in [1.29, 1.82) is 0 Å². The number of benzene rings is 2. The molecule has 6 nitrogen and oxygen atoms in total. The number of carbonyl (C=O) groups excluding carboxylic acids is 2. The normalized spacial score (nSPS) is 10.4. The number of oxazole rings is 1. The van der Waals surface area contributed by atoms with Gasteiger partial charge < -0.3 is 14.5 Å². The van der Waals surface area contributed by atoms with E-state index in [-0.39, 0.29) is 17.5 Å². The first-order chi connectivity index (χ1) is 13.0. The first-order valence-electron chi connectivity index (χ1n) is 7.88. The molecule has 1 aromatic heterocycles. The van der Waals surface area contributed by atoms with Crippen LogP contribution in [0.2, 0.25) is 0 Å². The van der Waals surface area contributed by atoms with Crippen LogP contribution in [-0.2, 0) is 9.53 Å². The first-order valence-corrected chi connectivity index (χ1v) is 8.86. The van der Waals surface area contributed by atoms with Crippen LogP contribution in [0.25, 0.3) is 11.3 Å². The Labute approximate surface area is 158 Å². The SMILES string of the molecule is COC(=O)c1ccc(NC(=O)CSc2ncc(-c3ccc(F)cc3)o2)cc1. The number of hydrogen-bond acceptors (Lipinski definition) is 6. The summed E-state index contributed by atoms with van der Waals surface area (Å²) in [5, 5.41) is 3.06. The minimum atomic E-state index is -0.440. The van der Waals surface area contributed by atoms with Gasteiger partial charge in [-0.25, -0.2) is 14.2 Å². The van der Waals surface area contributed by atoms with Gasteiger partial charge in [0.15, 0.2) is 5.76 Å². The Kier molecular flexibility index (Phi) is 5.87. The maximum absolute atomic E-state index is 13.0. The number of amides is 1. The molecule has 2 aromatic carbocycles. The molecule has 0 bridgehead atoms. The molecule has 1 heterocycles. The molecule has 0 atom stereocenters. The fourth-order valence-electron chi connectivity index (χ4n) is 2.20. The Morgan fingerprint density at radius 1 is 1.15 bits per heavy atom. The highest BCUT2D eigenvalue weighted by atomic mass is 32.2. The van der Waals surface area contributed by atoms with Gasteiger partial charge in [-0.3, -0.25) is 4.79 Å². The number of ether oxygens (including phenoxy) is 1. The fourth-order valence-corrected chi connectivity index (χ4v) is 2.81. The molecule has 0 aliphatic rings. The lowest BCUT2D eigenvalue weighted by Gasteiger charge is -2.05. The van der Waals surface area contributed by atoms with E-state index in [1.807, 2.05) is 0 Å². The van der Waals surface area contributed by atoms with Crippen molar-refractivity contribution in [1.82, 2.24) is 4.98 Å². The zero-order valence-electron chi connectivity index (χ0n) is 14.3. The Hall–Kier alpha value is -3.13. The Morgan fingerprint density at radius 3 is 2.52 bits per heavy atom. The molecule has 0 radical (unpaired) electrons. The zero-order valence-corrected chi connectivity index (χ0v) is 15.1. The number of aromatic nitrogens is 1. The molecule has 0 fully saturated rings. The van der Waals surface area contributed by atoms with Crippen LogP contribution in [0.1, 0.15) is 10.4 Å². The average molecular weight is 386 g/mol. The molecule has 3 aromatic rings. The van der Waals surface area contributed by atoms with E-state index >= 15 is 0 Å². The predicted molar refractivity (Wildman–Crippen MR) is 99.0 cm³/mol. The van der Waals surface area contributed by atoms with Gasteiger partial charge in [0.05, 0.1) is 24.6 Å². The van der Waals surface area contributed by atoms with Gasteiger partial charge in [-0.15, -0.1) is 0 Å². The predicted octanol–water partition coefficient (Wildman–Crippen LogP) is 4.00. The zero-order chi connectivity index (χ0) is 19.2. The van der Waals surface area contributed by atoms with Gasteiger partial charge in [0.25, 0.3) is 5.22 Å². The van der Waals surface area contributed by atoms with E-state index in [0.29, 0.717) is 27.8 Å². The second-order valence-electron chi connectivity index (χ2n) is 5.40. The van der Waals surface area contributed by atoms with Crippen LogP contribution in [0.15, 0.2) is 64.4 Å². The number of esters is 1. The van der Waals surface area contributed by atoms with Crippen molar-refractivity contribution in [2.24, 2.45) is 0 Å². The number of thioether (sulfide) groups is 1. The molecule has 0 spiro atoms. The van der Waals surface area contributed by atoms with Gasteiger partial charge in [0.2, 0.25) is 5.91 Å². The molecule has 27 heavy (non-hydrogen) atoms. The molecule has 3 rings (SSSR count). The monoisotopic (exact) mass is 386 g/mol. The van der Waals surface area contributed by atoms with E-state index in [0.717, 1.165) is 11.8 Å². The van der Waals surface area contributed by atoms with Crippen LogP contribution < -0.4 is 5.32 Å². The van der Waals surface area contributed by atoms with E-state index in [2.05, 4.69) is 15.0 Å². The van der Waals surface area contributed by atoms with Gasteiger partial charge in [0, 0.05) is 11.3 Å². The van der Waals surface area contributed by atoms with Gasteiger partial charge in [-0.2, -0.15) is 0 Å². The summed E-state index contributed by atoms with van der Waals surface area (Å²) in [4.78, 5) is 27.5. The van der Waals surface area contributed by atoms with Crippen LogP contribution in [-0.4, -0.2) is 29.7 Å². The fraction of sp³-hybridized carbons (Fsp3) is 0.105. The van der Waals surface area contributed by atoms with Crippen molar-refractivity contribution in [3.05, 3.63) is 66.1 Å². The summed E-state index contributed by atoms with van der Waals surface area (Å²) in [6, 6.07) is 12.2. The van der Waals surface area contributed by atoms with E-state index < -0.39 is 5.97 Å². The van der Waals surface area contributed by atoms with Crippen molar-refractivity contribution < 1.29 is 23.1 Å². The topological polar surface area (TPSA) is 81.4 Å². The van der Waals surface area contributed by atoms with E-state index in [9.17, 15) is 14.0 Å². The van der Waals surface area contributed by atoms with Gasteiger partial charge in [-0.05, 0) is 48.5 Å². The molecule has 0 aliphatic heterocycles. The standard InChI is InChI=1S/C19H15FN2O4S/c1-25-18(24)13-4-8-15(9-5-13)22-17(23)11-27-19-21-10-16(26-19)12-2-6-14(20)7-3-12/h2-10H,11H2,1H3,(H,22,23). The first kappa shape index (κ1) is 18.7. The van der Waals surface area contributed by atoms with E-state index in [4.69, 9.17) is 4.42 Å². The quantitative estimate of drug-likeness (QED) is 0.509. The molecule has 0 saturated carbocycles. The summed E-state index contributed by atoms with van der Waals surface area (Å²) >= 11 is 1.14. The average Bonchev–Trinajstić information content (AvgIpc) is 3.16. The molecule has 8 heteroatoms. The van der Waals surface area contributed by atoms with E-state index in [1.54, 1.807) is 36.4 Å². The summed E-state index contributed by atoms with van der Waals surface area (Å²) in [5.41, 5.74) is 1.66. The van der Waals surface area contributed by atoms with Crippen LogP contribution in [0, 0.1) is 5.82 Å². The highest BCUT2D eigenvalue weighted by Crippen LogP contribution is 2.25. The highest BCUT2D eigenvalue weighted by molar-refractivity contribution is 7.99. The largest absolute Gasteiger partial charge is 0.465 e. The van der Waals surface area contributed by atoms with Crippen molar-refractivity contribution >= 4 is 29.3 Å². The molecule has 1 N–H and O–H groups in total. The highest BCUT2D eigenvalue weighted by Gasteiger charge is 2.11. The van der Waals surface area contributed by atoms with Crippen LogP contribution in [0.3, 0.4) is 0 Å². The molecular weight excluding hydrogens is 371 g/mol. The summed E-state index contributed by atoms with van der Waals surface area (Å²) in [6.45, 7) is 0. The summed E-state index contributed by atoms with van der Waals surface area (Å²) in [5.74, 6) is -0.417. The summed E-state index contributed by atoms with van der Waals surface area (Å²) < 4.78 is 23.1. The van der Waals surface area contributed by atoms with Crippen molar-refractivity contribution in [2.45, 2.75) is 5.22 Å². The van der Waals surface area contributed by atoms with Gasteiger partial charge in [-0.1, -0.05) is 11.8 Å². The lowest BCUT2D eigenvalue weighted by molar-refractivity contribution is -0.113. The van der Waals surface area contributed by atoms with Crippen LogP contribution in [0.5, 0.6) is 0 Å². The van der Waals surface area contributed by atoms with E-state index in [1.165, 1.54) is 25.4 Å². The third-order valence-corrected chi connectivity index (χ3v) is 4.37. The third-order valence-electron chi connectivity index (χ3n) is 3.53. The Balaban J connectivity index is 1.53. The smallest absolute Gasteiger partial charge is 0.337 e.